The van der Waals surface area contributed by atoms with Crippen molar-refractivity contribution >= 4 is 17.7 Å². The lowest BCUT2D eigenvalue weighted by molar-refractivity contribution is -0.123. The second kappa shape index (κ2) is 6.83. The fraction of sp³-hybridized carbons (Fsp3) is 0.235. The number of benzene rings is 2. The first-order valence-electron chi connectivity index (χ1n) is 7.12. The van der Waals surface area contributed by atoms with Gasteiger partial charge in [0.15, 0.2) is 18.2 Å². The van der Waals surface area contributed by atoms with Crippen LogP contribution in [-0.2, 0) is 4.79 Å². The van der Waals surface area contributed by atoms with Crippen LogP contribution in [0.4, 0.5) is 4.39 Å². The minimum Gasteiger partial charge on any atom is -0.481 e. The standard InChI is InChI=1S/C17H16FNO2S/c18-13-6-2-3-7-15(13)21-11-17(20)19-14-9-10-22-16-8-4-1-5-12(14)16/h1-8,14H,9-11H2,(H,19,20)/t14-/m0/s1. The molecule has 0 aromatic heterocycles. The molecule has 1 aliphatic rings. The summed E-state index contributed by atoms with van der Waals surface area (Å²) in [4.78, 5) is 13.2. The van der Waals surface area contributed by atoms with Crippen LogP contribution in [-0.4, -0.2) is 18.3 Å². The third-order valence-corrected chi connectivity index (χ3v) is 4.61. The zero-order valence-electron chi connectivity index (χ0n) is 11.9. The SMILES string of the molecule is O=C(COc1ccccc1F)N[C@H]1CCSc2ccccc21. The van der Waals surface area contributed by atoms with Crippen molar-refractivity contribution < 1.29 is 13.9 Å². The van der Waals surface area contributed by atoms with Gasteiger partial charge in [0, 0.05) is 10.6 Å². The van der Waals surface area contributed by atoms with E-state index in [1.807, 2.05) is 18.2 Å². The summed E-state index contributed by atoms with van der Waals surface area (Å²) < 4.78 is 18.7. The Morgan fingerprint density at radius 2 is 2.00 bits per heavy atom. The number of fused-ring (bicyclic) bond motifs is 1. The van der Waals surface area contributed by atoms with E-state index in [0.717, 1.165) is 17.7 Å². The molecule has 0 radical (unpaired) electrons. The molecule has 3 rings (SSSR count). The van der Waals surface area contributed by atoms with Gasteiger partial charge in [0.2, 0.25) is 0 Å². The zero-order chi connectivity index (χ0) is 15.4. The minimum absolute atomic E-state index is 0.00540. The highest BCUT2D eigenvalue weighted by Crippen LogP contribution is 2.35. The average molecular weight is 317 g/mol. The molecular weight excluding hydrogens is 301 g/mol. The number of amides is 1. The maximum atomic E-state index is 13.4. The summed E-state index contributed by atoms with van der Waals surface area (Å²) in [6.07, 6.45) is 0.882. The van der Waals surface area contributed by atoms with Gasteiger partial charge in [0.05, 0.1) is 6.04 Å². The molecule has 114 valence electrons. The number of carbonyl (C=O) groups excluding carboxylic acids is 1. The van der Waals surface area contributed by atoms with Crippen molar-refractivity contribution in [3.63, 3.8) is 0 Å². The first-order chi connectivity index (χ1) is 10.7. The first-order valence-corrected chi connectivity index (χ1v) is 8.11. The number of halogens is 1. The Morgan fingerprint density at radius 1 is 1.23 bits per heavy atom. The number of para-hydroxylation sites is 1. The van der Waals surface area contributed by atoms with E-state index in [4.69, 9.17) is 4.74 Å². The molecule has 0 saturated carbocycles. The first kappa shape index (κ1) is 14.9. The Morgan fingerprint density at radius 3 is 2.86 bits per heavy atom. The lowest BCUT2D eigenvalue weighted by Gasteiger charge is -2.25. The maximum Gasteiger partial charge on any atom is 0.258 e. The molecule has 0 saturated heterocycles. The lowest BCUT2D eigenvalue weighted by atomic mass is 10.0. The minimum atomic E-state index is -0.463. The van der Waals surface area contributed by atoms with Crippen molar-refractivity contribution in [3.8, 4) is 5.75 Å². The molecule has 1 aliphatic heterocycles. The quantitative estimate of drug-likeness (QED) is 0.937. The van der Waals surface area contributed by atoms with E-state index in [1.165, 1.54) is 17.0 Å². The van der Waals surface area contributed by atoms with Gasteiger partial charge in [-0.1, -0.05) is 30.3 Å². The number of ether oxygens (including phenoxy) is 1. The Kier molecular flexibility index (Phi) is 4.63. The molecule has 22 heavy (non-hydrogen) atoms. The summed E-state index contributed by atoms with van der Waals surface area (Å²) in [7, 11) is 0. The molecule has 0 aliphatic carbocycles. The van der Waals surface area contributed by atoms with Gasteiger partial charge in [-0.05, 0) is 30.2 Å². The highest BCUT2D eigenvalue weighted by Gasteiger charge is 2.22. The normalized spacial score (nSPS) is 16.7. The second-order valence-corrected chi connectivity index (χ2v) is 6.15. The fourth-order valence-electron chi connectivity index (χ4n) is 2.43. The van der Waals surface area contributed by atoms with Crippen LogP contribution >= 0.6 is 11.8 Å². The summed E-state index contributed by atoms with van der Waals surface area (Å²) in [6.45, 7) is -0.188. The van der Waals surface area contributed by atoms with Crippen LogP contribution in [0.1, 0.15) is 18.0 Å². The van der Waals surface area contributed by atoms with E-state index in [1.54, 1.807) is 23.9 Å². The molecule has 0 spiro atoms. The van der Waals surface area contributed by atoms with Crippen LogP contribution in [0.2, 0.25) is 0 Å². The van der Waals surface area contributed by atoms with Gasteiger partial charge in [0.25, 0.3) is 5.91 Å². The number of carbonyl (C=O) groups is 1. The predicted molar refractivity (Wildman–Crippen MR) is 84.6 cm³/mol. The Bertz CT molecular complexity index is 677. The highest BCUT2D eigenvalue weighted by atomic mass is 32.2. The van der Waals surface area contributed by atoms with Crippen molar-refractivity contribution in [2.24, 2.45) is 0 Å². The fourth-order valence-corrected chi connectivity index (χ4v) is 3.56. The topological polar surface area (TPSA) is 38.3 Å². The Labute approximate surface area is 132 Å². The number of hydrogen-bond donors (Lipinski definition) is 1. The Balaban J connectivity index is 1.60. The van der Waals surface area contributed by atoms with Gasteiger partial charge in [-0.3, -0.25) is 4.79 Å². The molecule has 1 atom stereocenters. The van der Waals surface area contributed by atoms with Gasteiger partial charge in [0.1, 0.15) is 0 Å². The smallest absolute Gasteiger partial charge is 0.258 e. The second-order valence-electron chi connectivity index (χ2n) is 5.01. The van der Waals surface area contributed by atoms with Gasteiger partial charge < -0.3 is 10.1 Å². The molecule has 0 unspecified atom stereocenters. The third-order valence-electron chi connectivity index (χ3n) is 3.49. The molecule has 2 aromatic carbocycles. The van der Waals surface area contributed by atoms with E-state index >= 15 is 0 Å². The summed E-state index contributed by atoms with van der Waals surface area (Å²) in [5, 5.41) is 2.97. The van der Waals surface area contributed by atoms with Crippen molar-refractivity contribution in [1.82, 2.24) is 5.32 Å². The van der Waals surface area contributed by atoms with Gasteiger partial charge in [-0.25, -0.2) is 4.39 Å². The molecular formula is C17H16FNO2S. The van der Waals surface area contributed by atoms with E-state index in [9.17, 15) is 9.18 Å². The number of hydrogen-bond acceptors (Lipinski definition) is 3. The van der Waals surface area contributed by atoms with Gasteiger partial charge in [-0.2, -0.15) is 0 Å². The molecule has 2 aromatic rings. The van der Waals surface area contributed by atoms with Crippen molar-refractivity contribution in [2.45, 2.75) is 17.4 Å². The molecule has 3 nitrogen and oxygen atoms in total. The van der Waals surface area contributed by atoms with Crippen molar-refractivity contribution in [2.75, 3.05) is 12.4 Å². The van der Waals surface area contributed by atoms with Gasteiger partial charge in [-0.15, -0.1) is 11.8 Å². The highest BCUT2D eigenvalue weighted by molar-refractivity contribution is 7.99. The molecule has 1 N–H and O–H groups in total. The lowest BCUT2D eigenvalue weighted by Crippen LogP contribution is -2.34. The number of nitrogens with one attached hydrogen (secondary N) is 1. The molecule has 0 bridgehead atoms. The molecule has 0 fully saturated rings. The molecule has 1 heterocycles. The van der Waals surface area contributed by atoms with Crippen LogP contribution in [0.15, 0.2) is 53.4 Å². The third kappa shape index (κ3) is 3.42. The molecule has 1 amide bonds. The van der Waals surface area contributed by atoms with Crippen LogP contribution in [0.5, 0.6) is 5.75 Å². The maximum absolute atomic E-state index is 13.4. The van der Waals surface area contributed by atoms with E-state index in [0.29, 0.717) is 0 Å². The summed E-state index contributed by atoms with van der Waals surface area (Å²) in [5.41, 5.74) is 1.14. The predicted octanol–water partition coefficient (Wildman–Crippen LogP) is 3.56. The summed E-state index contributed by atoms with van der Waals surface area (Å²) in [5.74, 6) is 0.359. The van der Waals surface area contributed by atoms with Crippen LogP contribution in [0.3, 0.4) is 0 Å². The van der Waals surface area contributed by atoms with Crippen LogP contribution < -0.4 is 10.1 Å². The van der Waals surface area contributed by atoms with Crippen LogP contribution in [0.25, 0.3) is 0 Å². The number of thioether (sulfide) groups is 1. The monoisotopic (exact) mass is 317 g/mol. The largest absolute Gasteiger partial charge is 0.481 e. The van der Waals surface area contributed by atoms with Crippen molar-refractivity contribution in [3.05, 3.63) is 59.9 Å². The average Bonchev–Trinajstić information content (AvgIpc) is 2.54. The Hall–Kier alpha value is -2.01. The summed E-state index contributed by atoms with van der Waals surface area (Å²) in [6, 6.07) is 14.1. The van der Waals surface area contributed by atoms with E-state index in [-0.39, 0.29) is 24.3 Å². The summed E-state index contributed by atoms with van der Waals surface area (Å²) >= 11 is 1.80. The molecule has 5 heteroatoms. The van der Waals surface area contributed by atoms with E-state index < -0.39 is 5.82 Å². The van der Waals surface area contributed by atoms with Crippen molar-refractivity contribution in [1.29, 1.82) is 0 Å². The zero-order valence-corrected chi connectivity index (χ0v) is 12.7. The van der Waals surface area contributed by atoms with E-state index in [2.05, 4.69) is 11.4 Å². The number of rotatable bonds is 4. The van der Waals surface area contributed by atoms with Gasteiger partial charge >= 0.3 is 0 Å². The van der Waals surface area contributed by atoms with Crippen LogP contribution in [0, 0.1) is 5.82 Å².